The van der Waals surface area contributed by atoms with E-state index < -0.39 is 4.92 Å². The van der Waals surface area contributed by atoms with Gasteiger partial charge in [-0.25, -0.2) is 9.67 Å². The second-order valence-corrected chi connectivity index (χ2v) is 5.80. The molecule has 1 fully saturated rings. The van der Waals surface area contributed by atoms with Crippen LogP contribution in [0.1, 0.15) is 30.1 Å². The third kappa shape index (κ3) is 3.05. The molecule has 1 amide bonds. The number of piperidine rings is 1. The highest BCUT2D eigenvalue weighted by atomic mass is 16.6. The fraction of sp³-hybridized carbons (Fsp3) is 0.400. The number of nitro groups is 1. The van der Waals surface area contributed by atoms with E-state index in [9.17, 15) is 14.9 Å². The lowest BCUT2D eigenvalue weighted by Crippen LogP contribution is -2.39. The fourth-order valence-electron chi connectivity index (χ4n) is 2.89. The minimum atomic E-state index is -0.507. The number of carbonyl (C=O) groups is 1. The van der Waals surface area contributed by atoms with Crippen LogP contribution in [-0.4, -0.2) is 43.6 Å². The lowest BCUT2D eigenvalue weighted by Gasteiger charge is -2.31. The van der Waals surface area contributed by atoms with Crippen molar-refractivity contribution in [1.82, 2.24) is 19.7 Å². The first kappa shape index (κ1) is 15.1. The van der Waals surface area contributed by atoms with Gasteiger partial charge in [0.25, 0.3) is 11.6 Å². The topological polar surface area (TPSA) is 94.2 Å². The molecule has 0 radical (unpaired) electrons. The quantitative estimate of drug-likeness (QED) is 0.638. The number of benzene rings is 1. The average Bonchev–Trinajstić information content (AvgIpc) is 3.08. The van der Waals surface area contributed by atoms with Crippen molar-refractivity contribution in [3.05, 3.63) is 46.5 Å². The van der Waals surface area contributed by atoms with Gasteiger partial charge in [-0.3, -0.25) is 14.9 Å². The van der Waals surface area contributed by atoms with Crippen LogP contribution >= 0.6 is 0 Å². The van der Waals surface area contributed by atoms with Crippen molar-refractivity contribution in [3.63, 3.8) is 0 Å². The normalized spacial score (nSPS) is 18.0. The molecule has 1 atom stereocenters. The Balaban J connectivity index is 1.93. The van der Waals surface area contributed by atoms with Crippen LogP contribution in [0.4, 0.5) is 5.69 Å². The van der Waals surface area contributed by atoms with Gasteiger partial charge in [0.2, 0.25) is 0 Å². The molecule has 0 bridgehead atoms. The number of hydrogen-bond acceptors (Lipinski definition) is 5. The average molecular weight is 315 g/mol. The Bertz CT molecular complexity index is 729. The molecule has 8 nitrogen and oxygen atoms in total. The Labute approximate surface area is 132 Å². The van der Waals surface area contributed by atoms with E-state index in [1.807, 2.05) is 0 Å². The summed E-state index contributed by atoms with van der Waals surface area (Å²) in [5, 5.41) is 15.2. The van der Waals surface area contributed by atoms with Crippen molar-refractivity contribution >= 4 is 11.6 Å². The molecule has 1 unspecified atom stereocenters. The van der Waals surface area contributed by atoms with Gasteiger partial charge in [0, 0.05) is 24.7 Å². The molecule has 2 aromatic rings. The minimum Gasteiger partial charge on any atom is -0.338 e. The summed E-state index contributed by atoms with van der Waals surface area (Å²) < 4.78 is 1.31. The number of nitrogens with zero attached hydrogens (tertiary/aromatic N) is 5. The number of likely N-dealkylation sites (tertiary alicyclic amines) is 1. The maximum atomic E-state index is 12.6. The number of nitro benzene ring substituents is 1. The number of amides is 1. The molecule has 1 aliphatic heterocycles. The molecule has 3 rings (SSSR count). The number of carbonyl (C=O) groups excluding carboxylic acids is 1. The Kier molecular flexibility index (Phi) is 4.05. The van der Waals surface area contributed by atoms with Gasteiger partial charge in [0.05, 0.1) is 4.92 Å². The summed E-state index contributed by atoms with van der Waals surface area (Å²) in [7, 11) is 0. The molecule has 0 saturated carbocycles. The molecular formula is C15H17N5O3. The van der Waals surface area contributed by atoms with Crippen LogP contribution in [0.3, 0.4) is 0 Å². The van der Waals surface area contributed by atoms with Gasteiger partial charge >= 0.3 is 0 Å². The SMILES string of the molecule is CC1CCCN(C(=O)c2ccc(-n3cncn3)c([N+](=O)[O-])c2)C1. The molecule has 0 aliphatic carbocycles. The van der Waals surface area contributed by atoms with Crippen LogP contribution in [0.5, 0.6) is 0 Å². The van der Waals surface area contributed by atoms with Crippen LogP contribution in [-0.2, 0) is 0 Å². The fourth-order valence-corrected chi connectivity index (χ4v) is 2.89. The van der Waals surface area contributed by atoms with E-state index in [4.69, 9.17) is 0 Å². The number of hydrogen-bond donors (Lipinski definition) is 0. The van der Waals surface area contributed by atoms with Crippen LogP contribution < -0.4 is 0 Å². The maximum absolute atomic E-state index is 12.6. The summed E-state index contributed by atoms with van der Waals surface area (Å²) in [5.74, 6) is 0.293. The molecule has 1 aliphatic rings. The van der Waals surface area contributed by atoms with E-state index in [0.717, 1.165) is 12.8 Å². The first-order valence-electron chi connectivity index (χ1n) is 7.49. The van der Waals surface area contributed by atoms with Crippen molar-refractivity contribution in [2.45, 2.75) is 19.8 Å². The standard InChI is InChI=1S/C15H17N5O3/c1-11-3-2-6-18(8-11)15(21)12-4-5-13(14(7-12)20(22)23)19-10-16-9-17-19/h4-5,7,9-11H,2-3,6,8H2,1H3. The van der Waals surface area contributed by atoms with Gasteiger partial charge in [-0.1, -0.05) is 6.92 Å². The number of aromatic nitrogens is 3. The predicted octanol–water partition coefficient (Wildman–Crippen LogP) is 2.05. The Morgan fingerprint density at radius 2 is 2.26 bits per heavy atom. The predicted molar refractivity (Wildman–Crippen MR) is 82.3 cm³/mol. The van der Waals surface area contributed by atoms with Crippen LogP contribution in [0.2, 0.25) is 0 Å². The number of rotatable bonds is 3. The summed E-state index contributed by atoms with van der Waals surface area (Å²) >= 11 is 0. The van der Waals surface area contributed by atoms with Crippen molar-refractivity contribution in [2.75, 3.05) is 13.1 Å². The van der Waals surface area contributed by atoms with E-state index in [2.05, 4.69) is 17.0 Å². The molecule has 1 aromatic heterocycles. The Morgan fingerprint density at radius 1 is 1.43 bits per heavy atom. The summed E-state index contributed by atoms with van der Waals surface area (Å²) in [6.45, 7) is 3.49. The molecule has 0 spiro atoms. The van der Waals surface area contributed by atoms with E-state index in [1.165, 1.54) is 29.5 Å². The van der Waals surface area contributed by atoms with Gasteiger partial charge in [-0.2, -0.15) is 5.10 Å². The largest absolute Gasteiger partial charge is 0.338 e. The summed E-state index contributed by atoms with van der Waals surface area (Å²) in [6, 6.07) is 4.46. The molecule has 0 N–H and O–H groups in total. The van der Waals surface area contributed by atoms with Gasteiger partial charge in [-0.15, -0.1) is 0 Å². The van der Waals surface area contributed by atoms with Crippen molar-refractivity contribution in [3.8, 4) is 5.69 Å². The highest BCUT2D eigenvalue weighted by molar-refractivity contribution is 5.95. The molecule has 1 aromatic carbocycles. The minimum absolute atomic E-state index is 0.161. The molecular weight excluding hydrogens is 298 g/mol. The molecule has 1 saturated heterocycles. The second kappa shape index (κ2) is 6.15. The van der Waals surface area contributed by atoms with Crippen LogP contribution in [0.15, 0.2) is 30.9 Å². The zero-order valence-electron chi connectivity index (χ0n) is 12.8. The van der Waals surface area contributed by atoms with Gasteiger partial charge in [0.1, 0.15) is 18.3 Å². The lowest BCUT2D eigenvalue weighted by molar-refractivity contribution is -0.384. The lowest BCUT2D eigenvalue weighted by atomic mass is 9.99. The highest BCUT2D eigenvalue weighted by Crippen LogP contribution is 2.25. The smallest absolute Gasteiger partial charge is 0.295 e. The summed E-state index contributed by atoms with van der Waals surface area (Å²) in [5.41, 5.74) is 0.456. The molecule has 120 valence electrons. The zero-order chi connectivity index (χ0) is 16.4. The van der Waals surface area contributed by atoms with Crippen molar-refractivity contribution < 1.29 is 9.72 Å². The van der Waals surface area contributed by atoms with Crippen LogP contribution in [0.25, 0.3) is 5.69 Å². The van der Waals surface area contributed by atoms with E-state index >= 15 is 0 Å². The molecule has 8 heteroatoms. The second-order valence-electron chi connectivity index (χ2n) is 5.80. The summed E-state index contributed by atoms with van der Waals surface area (Å²) in [4.78, 5) is 29.0. The van der Waals surface area contributed by atoms with E-state index in [-0.39, 0.29) is 17.3 Å². The summed E-state index contributed by atoms with van der Waals surface area (Å²) in [6.07, 6.45) is 4.76. The van der Waals surface area contributed by atoms with Gasteiger partial charge < -0.3 is 4.90 Å². The zero-order valence-corrected chi connectivity index (χ0v) is 12.8. The highest BCUT2D eigenvalue weighted by Gasteiger charge is 2.25. The Hall–Kier alpha value is -2.77. The van der Waals surface area contributed by atoms with Crippen LogP contribution in [0, 0.1) is 16.0 Å². The Morgan fingerprint density at radius 3 is 2.91 bits per heavy atom. The van der Waals surface area contributed by atoms with Gasteiger partial charge in [0.15, 0.2) is 0 Å². The van der Waals surface area contributed by atoms with Crippen molar-refractivity contribution in [1.29, 1.82) is 0 Å². The maximum Gasteiger partial charge on any atom is 0.295 e. The first-order valence-corrected chi connectivity index (χ1v) is 7.49. The first-order chi connectivity index (χ1) is 11.1. The van der Waals surface area contributed by atoms with Gasteiger partial charge in [-0.05, 0) is 30.9 Å². The van der Waals surface area contributed by atoms with E-state index in [1.54, 1.807) is 11.0 Å². The molecule has 23 heavy (non-hydrogen) atoms. The third-order valence-electron chi connectivity index (χ3n) is 4.03. The monoisotopic (exact) mass is 315 g/mol. The van der Waals surface area contributed by atoms with Crippen molar-refractivity contribution in [2.24, 2.45) is 5.92 Å². The van der Waals surface area contributed by atoms with E-state index in [0.29, 0.717) is 24.6 Å². The third-order valence-corrected chi connectivity index (χ3v) is 4.03. The molecule has 2 heterocycles.